The molecule has 0 bridgehead atoms. The highest BCUT2D eigenvalue weighted by atomic mass is 35.5. The summed E-state index contributed by atoms with van der Waals surface area (Å²) < 4.78 is 3.91. The van der Waals surface area contributed by atoms with Gasteiger partial charge in [0.15, 0.2) is 4.47 Å². The molecule has 4 nitrogen and oxygen atoms in total. The van der Waals surface area contributed by atoms with Gasteiger partial charge in [0.05, 0.1) is 16.9 Å². The van der Waals surface area contributed by atoms with Crippen LogP contribution in [0.15, 0.2) is 40.5 Å². The fourth-order valence-corrected chi connectivity index (χ4v) is 2.99. The average Bonchev–Trinajstić information content (AvgIpc) is 2.94. The van der Waals surface area contributed by atoms with Gasteiger partial charge in [-0.2, -0.15) is 0 Å². The molecular weight excluding hydrogens is 294 g/mol. The topological polar surface area (TPSA) is 39.8 Å². The van der Waals surface area contributed by atoms with Crippen molar-refractivity contribution >= 4 is 22.9 Å². The largest absolute Gasteiger partial charge is 0.285 e. The summed E-state index contributed by atoms with van der Waals surface area (Å²) in [5.41, 5.74) is 2.84. The Hall–Kier alpha value is -1.85. The molecule has 20 heavy (non-hydrogen) atoms. The van der Waals surface area contributed by atoms with E-state index in [2.05, 4.69) is 4.98 Å². The van der Waals surface area contributed by atoms with Crippen LogP contribution in [0.2, 0.25) is 4.47 Å². The first-order valence-corrected chi connectivity index (χ1v) is 7.31. The van der Waals surface area contributed by atoms with Crippen molar-refractivity contribution in [2.75, 3.05) is 0 Å². The average molecular weight is 306 g/mol. The van der Waals surface area contributed by atoms with Gasteiger partial charge in [-0.1, -0.05) is 29.8 Å². The van der Waals surface area contributed by atoms with E-state index in [1.165, 1.54) is 11.3 Å². The van der Waals surface area contributed by atoms with E-state index in [-0.39, 0.29) is 5.56 Å². The Morgan fingerprint density at radius 3 is 2.55 bits per heavy atom. The molecule has 2 aromatic heterocycles. The Labute approximate surface area is 124 Å². The molecule has 1 aromatic carbocycles. The van der Waals surface area contributed by atoms with Crippen molar-refractivity contribution in [1.29, 1.82) is 0 Å². The van der Waals surface area contributed by atoms with E-state index in [4.69, 9.17) is 11.6 Å². The number of aromatic nitrogens is 3. The minimum Gasteiger partial charge on any atom is -0.285 e. The van der Waals surface area contributed by atoms with Crippen molar-refractivity contribution in [3.63, 3.8) is 0 Å². The Bertz CT molecular complexity index is 817. The van der Waals surface area contributed by atoms with Gasteiger partial charge in [-0.15, -0.1) is 11.3 Å². The lowest BCUT2D eigenvalue weighted by atomic mass is 10.2. The number of hydrogen-bond acceptors (Lipinski definition) is 3. The number of hydrogen-bond donors (Lipinski definition) is 0. The van der Waals surface area contributed by atoms with Gasteiger partial charge in [-0.3, -0.25) is 9.48 Å². The van der Waals surface area contributed by atoms with Gasteiger partial charge in [0, 0.05) is 18.1 Å². The number of para-hydroxylation sites is 1. The van der Waals surface area contributed by atoms with E-state index < -0.39 is 0 Å². The van der Waals surface area contributed by atoms with Gasteiger partial charge < -0.3 is 0 Å². The SMILES string of the molecule is Cc1c(-c2csc(Cl)n2)c(=O)n(-c2ccccc2)n1C. The maximum atomic E-state index is 12.7. The molecular formula is C14H12ClN3OS. The second kappa shape index (κ2) is 4.92. The molecule has 0 N–H and O–H groups in total. The van der Waals surface area contributed by atoms with Gasteiger partial charge in [0.25, 0.3) is 5.56 Å². The molecule has 0 spiro atoms. The van der Waals surface area contributed by atoms with E-state index >= 15 is 0 Å². The number of nitrogens with zero attached hydrogens (tertiary/aromatic N) is 3. The van der Waals surface area contributed by atoms with Crippen LogP contribution < -0.4 is 5.56 Å². The highest BCUT2D eigenvalue weighted by molar-refractivity contribution is 7.14. The van der Waals surface area contributed by atoms with Crippen molar-refractivity contribution in [2.45, 2.75) is 6.92 Å². The molecule has 6 heteroatoms. The standard InChI is InChI=1S/C14H12ClN3OS/c1-9-12(11-8-20-14(15)16-11)13(19)18(17(9)2)10-6-4-3-5-7-10/h3-8H,1-2H3. The fourth-order valence-electron chi connectivity index (χ4n) is 2.23. The molecule has 0 amide bonds. The summed E-state index contributed by atoms with van der Waals surface area (Å²) in [6.45, 7) is 1.91. The third-order valence-electron chi connectivity index (χ3n) is 3.29. The van der Waals surface area contributed by atoms with Gasteiger partial charge in [-0.25, -0.2) is 9.67 Å². The normalized spacial score (nSPS) is 10.9. The van der Waals surface area contributed by atoms with Gasteiger partial charge in [0.2, 0.25) is 0 Å². The lowest BCUT2D eigenvalue weighted by molar-refractivity contribution is 0.630. The monoisotopic (exact) mass is 305 g/mol. The van der Waals surface area contributed by atoms with Crippen LogP contribution in [-0.2, 0) is 7.05 Å². The van der Waals surface area contributed by atoms with Crippen LogP contribution in [0.3, 0.4) is 0 Å². The minimum absolute atomic E-state index is 0.0850. The molecule has 0 aliphatic rings. The first-order chi connectivity index (χ1) is 9.59. The van der Waals surface area contributed by atoms with Crippen LogP contribution >= 0.6 is 22.9 Å². The van der Waals surface area contributed by atoms with Gasteiger partial charge in [-0.05, 0) is 19.1 Å². The molecule has 0 aliphatic carbocycles. The van der Waals surface area contributed by atoms with Gasteiger partial charge >= 0.3 is 0 Å². The zero-order valence-corrected chi connectivity index (χ0v) is 12.6. The predicted octanol–water partition coefficient (Wildman–Crippen LogP) is 3.26. The number of thiazole rings is 1. The molecule has 3 rings (SSSR count). The zero-order chi connectivity index (χ0) is 14.3. The quantitative estimate of drug-likeness (QED) is 0.729. The molecule has 0 atom stereocenters. The molecule has 102 valence electrons. The van der Waals surface area contributed by atoms with Crippen molar-refractivity contribution in [1.82, 2.24) is 14.3 Å². The summed E-state index contributed by atoms with van der Waals surface area (Å²) in [6.07, 6.45) is 0. The molecule has 0 fully saturated rings. The number of benzene rings is 1. The molecule has 0 radical (unpaired) electrons. The summed E-state index contributed by atoms with van der Waals surface area (Å²) in [6, 6.07) is 9.54. The highest BCUT2D eigenvalue weighted by Gasteiger charge is 2.19. The third kappa shape index (κ3) is 1.99. The molecule has 2 heterocycles. The number of halogens is 1. The van der Waals surface area contributed by atoms with Crippen LogP contribution in [0.5, 0.6) is 0 Å². The third-order valence-corrected chi connectivity index (χ3v) is 4.27. The summed E-state index contributed by atoms with van der Waals surface area (Å²) in [5, 5.41) is 1.81. The number of rotatable bonds is 2. The summed E-state index contributed by atoms with van der Waals surface area (Å²) in [4.78, 5) is 16.9. The van der Waals surface area contributed by atoms with E-state index in [1.807, 2.05) is 49.0 Å². The molecule has 0 unspecified atom stereocenters. The highest BCUT2D eigenvalue weighted by Crippen LogP contribution is 2.25. The first-order valence-electron chi connectivity index (χ1n) is 6.05. The molecule has 0 aliphatic heterocycles. The smallest absolute Gasteiger partial charge is 0.281 e. The van der Waals surface area contributed by atoms with E-state index in [0.717, 1.165) is 11.4 Å². The van der Waals surface area contributed by atoms with E-state index in [1.54, 1.807) is 10.1 Å². The van der Waals surface area contributed by atoms with Crippen LogP contribution in [0.25, 0.3) is 16.9 Å². The Kier molecular flexibility index (Phi) is 3.23. The predicted molar refractivity (Wildman–Crippen MR) is 81.9 cm³/mol. The Balaban J connectivity index is 2.28. The molecule has 3 aromatic rings. The van der Waals surface area contributed by atoms with Crippen LogP contribution in [0.4, 0.5) is 0 Å². The second-order valence-corrected chi connectivity index (χ2v) is 5.86. The van der Waals surface area contributed by atoms with Crippen LogP contribution in [0, 0.1) is 6.92 Å². The minimum atomic E-state index is -0.0850. The van der Waals surface area contributed by atoms with Crippen molar-refractivity contribution in [2.24, 2.45) is 7.05 Å². The zero-order valence-electron chi connectivity index (χ0n) is 11.0. The van der Waals surface area contributed by atoms with Crippen molar-refractivity contribution in [3.8, 4) is 16.9 Å². The molecule has 0 saturated carbocycles. The summed E-state index contributed by atoms with van der Waals surface area (Å²) >= 11 is 7.19. The van der Waals surface area contributed by atoms with Crippen LogP contribution in [0.1, 0.15) is 5.69 Å². The van der Waals surface area contributed by atoms with E-state index in [0.29, 0.717) is 15.7 Å². The lowest BCUT2D eigenvalue weighted by Gasteiger charge is -2.07. The van der Waals surface area contributed by atoms with Crippen molar-refractivity contribution < 1.29 is 0 Å². The van der Waals surface area contributed by atoms with Crippen LogP contribution in [-0.4, -0.2) is 14.3 Å². The van der Waals surface area contributed by atoms with Gasteiger partial charge in [0.1, 0.15) is 0 Å². The Morgan fingerprint density at radius 1 is 1.25 bits per heavy atom. The van der Waals surface area contributed by atoms with E-state index in [9.17, 15) is 4.79 Å². The summed E-state index contributed by atoms with van der Waals surface area (Å²) in [5.74, 6) is 0. The van der Waals surface area contributed by atoms with Crippen molar-refractivity contribution in [3.05, 3.63) is 56.2 Å². The second-order valence-electron chi connectivity index (χ2n) is 4.42. The maximum absolute atomic E-state index is 12.7. The summed E-state index contributed by atoms with van der Waals surface area (Å²) in [7, 11) is 1.86. The Morgan fingerprint density at radius 2 is 1.95 bits per heavy atom. The lowest BCUT2D eigenvalue weighted by Crippen LogP contribution is -2.20. The maximum Gasteiger partial charge on any atom is 0.281 e. The fraction of sp³-hybridized carbons (Fsp3) is 0.143. The molecule has 0 saturated heterocycles. The first kappa shape index (κ1) is 13.1.